The van der Waals surface area contributed by atoms with Gasteiger partial charge in [0, 0.05) is 0 Å². The van der Waals surface area contributed by atoms with Gasteiger partial charge in [0.1, 0.15) is 0 Å². The lowest BCUT2D eigenvalue weighted by molar-refractivity contribution is 0.180. The molecule has 0 aromatic carbocycles. The third-order valence-electron chi connectivity index (χ3n) is 4.54. The van der Waals surface area contributed by atoms with Crippen molar-refractivity contribution in [1.29, 1.82) is 0 Å². The second-order valence-electron chi connectivity index (χ2n) is 5.42. The van der Waals surface area contributed by atoms with Gasteiger partial charge in [-0.15, -0.1) is 0 Å². The minimum absolute atomic E-state index is 0.446. The first-order valence-electron chi connectivity index (χ1n) is 5.33. The molecule has 2 aliphatic rings. The Morgan fingerprint density at radius 1 is 1.31 bits per heavy atom. The lowest BCUT2D eigenvalue weighted by Gasteiger charge is -2.33. The highest BCUT2D eigenvalue weighted by Gasteiger charge is 2.56. The minimum atomic E-state index is 0.446. The Balaban J connectivity index is 2.34. The average molecular weight is 176 g/mol. The summed E-state index contributed by atoms with van der Waals surface area (Å²) in [6, 6.07) is 0. The molecular weight excluding hydrogens is 156 g/mol. The van der Waals surface area contributed by atoms with E-state index in [0.29, 0.717) is 10.8 Å². The maximum Gasteiger partial charge on any atom is -0.00836 e. The summed E-state index contributed by atoms with van der Waals surface area (Å²) >= 11 is 0. The van der Waals surface area contributed by atoms with Crippen molar-refractivity contribution in [1.82, 2.24) is 0 Å². The number of fused-ring (bicyclic) bond motifs is 2. The van der Waals surface area contributed by atoms with E-state index in [1.54, 1.807) is 0 Å². The average Bonchev–Trinajstić information content (AvgIpc) is 2.34. The van der Waals surface area contributed by atoms with E-state index in [1.807, 2.05) is 0 Å². The molecule has 0 radical (unpaired) electrons. The molecule has 1 saturated carbocycles. The van der Waals surface area contributed by atoms with Crippen LogP contribution in [0.5, 0.6) is 0 Å². The number of rotatable bonds is 1. The number of allylic oxidation sites excluding steroid dienone is 4. The van der Waals surface area contributed by atoms with Crippen LogP contribution in [0.25, 0.3) is 0 Å². The van der Waals surface area contributed by atoms with Crippen molar-refractivity contribution in [3.8, 4) is 0 Å². The second kappa shape index (κ2) is 2.50. The Hall–Kier alpha value is -0.520. The van der Waals surface area contributed by atoms with Gasteiger partial charge in [0.15, 0.2) is 0 Å². The topological polar surface area (TPSA) is 0 Å². The van der Waals surface area contributed by atoms with Gasteiger partial charge in [-0.25, -0.2) is 0 Å². The molecule has 1 fully saturated rings. The zero-order chi connectivity index (χ0) is 9.69. The normalized spacial score (nSPS) is 46.5. The smallest absolute Gasteiger partial charge is 0.00836 e. The zero-order valence-corrected chi connectivity index (χ0v) is 9.17. The van der Waals surface area contributed by atoms with Gasteiger partial charge in [-0.1, -0.05) is 45.1 Å². The van der Waals surface area contributed by atoms with Gasteiger partial charge in [0.2, 0.25) is 0 Å². The van der Waals surface area contributed by atoms with Crippen LogP contribution in [-0.2, 0) is 0 Å². The van der Waals surface area contributed by atoms with E-state index in [4.69, 9.17) is 0 Å². The zero-order valence-electron chi connectivity index (χ0n) is 9.17. The lowest BCUT2D eigenvalue weighted by atomic mass is 9.70. The first kappa shape index (κ1) is 9.05. The Bertz CT molecular complexity index is 270. The van der Waals surface area contributed by atoms with E-state index in [-0.39, 0.29) is 0 Å². The van der Waals surface area contributed by atoms with Crippen LogP contribution < -0.4 is 0 Å². The Morgan fingerprint density at radius 2 is 2.00 bits per heavy atom. The molecule has 0 saturated heterocycles. The molecule has 0 heterocycles. The van der Waals surface area contributed by atoms with E-state index in [9.17, 15) is 0 Å². The van der Waals surface area contributed by atoms with Crippen LogP contribution in [0.1, 0.15) is 34.1 Å². The fourth-order valence-electron chi connectivity index (χ4n) is 3.21. The second-order valence-corrected chi connectivity index (χ2v) is 5.42. The first-order valence-corrected chi connectivity index (χ1v) is 5.33. The van der Waals surface area contributed by atoms with Gasteiger partial charge >= 0.3 is 0 Å². The van der Waals surface area contributed by atoms with Crippen LogP contribution in [0.3, 0.4) is 0 Å². The summed E-state index contributed by atoms with van der Waals surface area (Å²) in [5.74, 6) is 1.56. The Morgan fingerprint density at radius 3 is 2.38 bits per heavy atom. The van der Waals surface area contributed by atoms with Crippen molar-refractivity contribution in [3.05, 3.63) is 24.3 Å². The molecule has 2 aliphatic carbocycles. The molecule has 0 heteroatoms. The van der Waals surface area contributed by atoms with Crippen molar-refractivity contribution >= 4 is 0 Å². The summed E-state index contributed by atoms with van der Waals surface area (Å²) in [6.45, 7) is 9.38. The number of hydrogen-bond donors (Lipinski definition) is 0. The van der Waals surface area contributed by atoms with Crippen molar-refractivity contribution in [3.63, 3.8) is 0 Å². The fraction of sp³-hybridized carbons (Fsp3) is 0.692. The van der Waals surface area contributed by atoms with Crippen molar-refractivity contribution < 1.29 is 0 Å². The minimum Gasteiger partial charge on any atom is -0.0914 e. The van der Waals surface area contributed by atoms with Crippen molar-refractivity contribution in [2.24, 2.45) is 22.7 Å². The quantitative estimate of drug-likeness (QED) is 0.533. The third kappa shape index (κ3) is 0.978. The summed E-state index contributed by atoms with van der Waals surface area (Å²) in [7, 11) is 0. The van der Waals surface area contributed by atoms with Crippen LogP contribution in [0.15, 0.2) is 24.3 Å². The van der Waals surface area contributed by atoms with Crippen LogP contribution in [0.2, 0.25) is 0 Å². The molecule has 2 bridgehead atoms. The van der Waals surface area contributed by atoms with Gasteiger partial charge in [-0.3, -0.25) is 0 Å². The van der Waals surface area contributed by atoms with Gasteiger partial charge in [0.25, 0.3) is 0 Å². The Kier molecular flexibility index (Phi) is 1.74. The molecule has 2 rings (SSSR count). The molecular formula is C13H20. The standard InChI is InChI=1S/C13H20/c1-5-6-10-9-13(4)8-7-11(10)12(13,2)3/h5-8,10-11H,9H2,1-4H3. The fourth-order valence-corrected chi connectivity index (χ4v) is 3.21. The largest absolute Gasteiger partial charge is 0.0914 e. The molecule has 0 aromatic heterocycles. The summed E-state index contributed by atoms with van der Waals surface area (Å²) in [5.41, 5.74) is 0.916. The first-order chi connectivity index (χ1) is 6.01. The Labute approximate surface area is 81.7 Å². The van der Waals surface area contributed by atoms with Gasteiger partial charge in [0.05, 0.1) is 0 Å². The highest BCUT2D eigenvalue weighted by Crippen LogP contribution is 2.64. The number of hydrogen-bond acceptors (Lipinski definition) is 0. The summed E-state index contributed by atoms with van der Waals surface area (Å²) in [4.78, 5) is 0. The highest BCUT2D eigenvalue weighted by molar-refractivity contribution is 5.26. The van der Waals surface area contributed by atoms with E-state index >= 15 is 0 Å². The highest BCUT2D eigenvalue weighted by atomic mass is 14.6. The summed E-state index contributed by atoms with van der Waals surface area (Å²) in [6.07, 6.45) is 10.8. The third-order valence-corrected chi connectivity index (χ3v) is 4.54. The lowest BCUT2D eigenvalue weighted by Crippen LogP contribution is -2.27. The molecule has 0 aromatic rings. The molecule has 0 amide bonds. The van der Waals surface area contributed by atoms with Crippen molar-refractivity contribution in [2.75, 3.05) is 0 Å². The van der Waals surface area contributed by atoms with E-state index < -0.39 is 0 Å². The van der Waals surface area contributed by atoms with Gasteiger partial charge in [-0.05, 0) is 36.0 Å². The molecule has 0 aliphatic heterocycles. The monoisotopic (exact) mass is 176 g/mol. The van der Waals surface area contributed by atoms with E-state index in [2.05, 4.69) is 52.0 Å². The molecule has 0 spiro atoms. The molecule has 3 unspecified atom stereocenters. The van der Waals surface area contributed by atoms with Crippen molar-refractivity contribution in [2.45, 2.75) is 34.1 Å². The maximum atomic E-state index is 2.44. The van der Waals surface area contributed by atoms with Gasteiger partial charge in [-0.2, -0.15) is 0 Å². The molecule has 3 atom stereocenters. The predicted molar refractivity (Wildman–Crippen MR) is 57.4 cm³/mol. The predicted octanol–water partition coefficient (Wildman–Crippen LogP) is 3.80. The van der Waals surface area contributed by atoms with Crippen LogP contribution in [0, 0.1) is 22.7 Å². The maximum absolute atomic E-state index is 2.44. The summed E-state index contributed by atoms with van der Waals surface area (Å²) in [5, 5.41) is 0. The summed E-state index contributed by atoms with van der Waals surface area (Å²) < 4.78 is 0. The van der Waals surface area contributed by atoms with Gasteiger partial charge < -0.3 is 0 Å². The molecule has 0 nitrogen and oxygen atoms in total. The van der Waals surface area contributed by atoms with E-state index in [0.717, 1.165) is 11.8 Å². The van der Waals surface area contributed by atoms with Crippen LogP contribution in [-0.4, -0.2) is 0 Å². The molecule has 13 heavy (non-hydrogen) atoms. The van der Waals surface area contributed by atoms with E-state index in [1.165, 1.54) is 6.42 Å². The van der Waals surface area contributed by atoms with Crippen LogP contribution in [0.4, 0.5) is 0 Å². The van der Waals surface area contributed by atoms with Crippen LogP contribution >= 0.6 is 0 Å². The SMILES string of the molecule is CC=CC1CC2(C)C=CC1C2(C)C. The molecule has 72 valence electrons. The molecule has 0 N–H and O–H groups in total.